The Bertz CT molecular complexity index is 625. The number of carboxylic acid groups (broad SMARTS) is 1. The van der Waals surface area contributed by atoms with Crippen molar-refractivity contribution in [1.82, 2.24) is 4.98 Å². The Hall–Kier alpha value is -2.50. The maximum absolute atomic E-state index is 11.0. The Labute approximate surface area is 103 Å². The van der Waals surface area contributed by atoms with Gasteiger partial charge in [0.25, 0.3) is 0 Å². The molecule has 1 heterocycles. The van der Waals surface area contributed by atoms with Crippen LogP contribution in [0.1, 0.15) is 10.4 Å². The second-order valence-electron chi connectivity index (χ2n) is 3.62. The molecule has 0 saturated heterocycles. The minimum absolute atomic E-state index is 0.0368. The number of nitrogens with two attached hydrogens (primary N) is 1. The van der Waals surface area contributed by atoms with Crippen LogP contribution in [0.5, 0.6) is 11.5 Å². The first kappa shape index (κ1) is 12.0. The first-order valence-electron chi connectivity index (χ1n) is 5.12. The molecule has 0 unspecified atom stereocenters. The van der Waals surface area contributed by atoms with Crippen molar-refractivity contribution in [3.05, 3.63) is 23.8 Å². The molecule has 3 N–H and O–H groups in total. The van der Waals surface area contributed by atoms with Crippen LogP contribution in [0.4, 0.5) is 5.82 Å². The van der Waals surface area contributed by atoms with E-state index >= 15 is 0 Å². The molecule has 6 heteroatoms. The molecule has 2 aromatic rings. The van der Waals surface area contributed by atoms with E-state index in [0.717, 1.165) is 0 Å². The average Bonchev–Trinajstić information content (AvgIpc) is 2.35. The number of aromatic nitrogens is 1. The van der Waals surface area contributed by atoms with Crippen LogP contribution in [-0.4, -0.2) is 30.3 Å². The average molecular weight is 248 g/mol. The van der Waals surface area contributed by atoms with E-state index in [2.05, 4.69) is 4.98 Å². The highest BCUT2D eigenvalue weighted by atomic mass is 16.5. The highest BCUT2D eigenvalue weighted by molar-refractivity contribution is 5.99. The summed E-state index contributed by atoms with van der Waals surface area (Å²) < 4.78 is 10.3. The number of methoxy groups -OCH3 is 2. The van der Waals surface area contributed by atoms with E-state index in [0.29, 0.717) is 22.4 Å². The lowest BCUT2D eigenvalue weighted by atomic mass is 10.1. The van der Waals surface area contributed by atoms with Crippen molar-refractivity contribution in [1.29, 1.82) is 0 Å². The Morgan fingerprint density at radius 1 is 1.28 bits per heavy atom. The van der Waals surface area contributed by atoms with Gasteiger partial charge in [-0.3, -0.25) is 0 Å². The third-order valence-electron chi connectivity index (χ3n) is 2.59. The highest BCUT2D eigenvalue weighted by Crippen LogP contribution is 2.31. The molecule has 6 nitrogen and oxygen atoms in total. The molecule has 1 aromatic carbocycles. The summed E-state index contributed by atoms with van der Waals surface area (Å²) >= 11 is 0. The maximum atomic E-state index is 11.0. The first-order chi connectivity index (χ1) is 8.56. The molecule has 0 aliphatic heterocycles. The molecule has 0 saturated carbocycles. The monoisotopic (exact) mass is 248 g/mol. The number of carboxylic acids is 1. The third kappa shape index (κ3) is 1.88. The van der Waals surface area contributed by atoms with Crippen LogP contribution in [0.3, 0.4) is 0 Å². The molecule has 0 fully saturated rings. The summed E-state index contributed by atoms with van der Waals surface area (Å²) in [7, 11) is 3.01. The van der Waals surface area contributed by atoms with E-state index in [-0.39, 0.29) is 11.4 Å². The quantitative estimate of drug-likeness (QED) is 0.855. The van der Waals surface area contributed by atoms with Crippen LogP contribution in [-0.2, 0) is 0 Å². The molecular formula is C12H12N2O4. The van der Waals surface area contributed by atoms with Gasteiger partial charge in [0.1, 0.15) is 22.9 Å². The number of nitrogens with zero attached hydrogens (tertiary/aromatic N) is 1. The van der Waals surface area contributed by atoms with Crippen molar-refractivity contribution in [2.24, 2.45) is 0 Å². The summed E-state index contributed by atoms with van der Waals surface area (Å²) in [6, 6.07) is 4.77. The number of nitrogen functional groups attached to an aromatic ring is 1. The predicted molar refractivity (Wildman–Crippen MR) is 66.2 cm³/mol. The number of aromatic carboxylic acids is 1. The van der Waals surface area contributed by atoms with Gasteiger partial charge in [-0.1, -0.05) is 0 Å². The summed E-state index contributed by atoms with van der Waals surface area (Å²) in [4.78, 5) is 15.1. The SMILES string of the molecule is COc1cc(OC)c2cc(C(=O)O)c(N)nc2c1. The second-order valence-corrected chi connectivity index (χ2v) is 3.62. The van der Waals surface area contributed by atoms with Gasteiger partial charge in [0.15, 0.2) is 0 Å². The molecule has 1 aromatic heterocycles. The molecule has 18 heavy (non-hydrogen) atoms. The van der Waals surface area contributed by atoms with E-state index in [9.17, 15) is 4.79 Å². The van der Waals surface area contributed by atoms with E-state index in [1.54, 1.807) is 12.1 Å². The number of benzene rings is 1. The van der Waals surface area contributed by atoms with Crippen LogP contribution in [0.15, 0.2) is 18.2 Å². The van der Waals surface area contributed by atoms with Gasteiger partial charge in [0.2, 0.25) is 0 Å². The van der Waals surface area contributed by atoms with Gasteiger partial charge in [-0.05, 0) is 6.07 Å². The van der Waals surface area contributed by atoms with Crippen molar-refractivity contribution in [3.8, 4) is 11.5 Å². The molecule has 2 rings (SSSR count). The van der Waals surface area contributed by atoms with Gasteiger partial charge in [-0.2, -0.15) is 0 Å². The van der Waals surface area contributed by atoms with Gasteiger partial charge in [0, 0.05) is 17.5 Å². The largest absolute Gasteiger partial charge is 0.497 e. The van der Waals surface area contributed by atoms with Crippen LogP contribution in [0.2, 0.25) is 0 Å². The van der Waals surface area contributed by atoms with E-state index in [1.807, 2.05) is 0 Å². The Balaban J connectivity index is 2.79. The summed E-state index contributed by atoms with van der Waals surface area (Å²) in [5.74, 6) is -0.112. The van der Waals surface area contributed by atoms with Crippen LogP contribution >= 0.6 is 0 Å². The number of carbonyl (C=O) groups is 1. The number of ether oxygens (including phenoxy) is 2. The molecule has 0 aliphatic carbocycles. The van der Waals surface area contributed by atoms with Crippen molar-refractivity contribution in [2.75, 3.05) is 20.0 Å². The molecule has 0 spiro atoms. The number of pyridine rings is 1. The zero-order valence-electron chi connectivity index (χ0n) is 9.93. The number of hydrogen-bond donors (Lipinski definition) is 2. The van der Waals surface area contributed by atoms with Crippen LogP contribution < -0.4 is 15.2 Å². The minimum atomic E-state index is -1.13. The lowest BCUT2D eigenvalue weighted by molar-refractivity contribution is 0.0698. The lowest BCUT2D eigenvalue weighted by Gasteiger charge is -2.10. The predicted octanol–water partition coefficient (Wildman–Crippen LogP) is 1.53. The minimum Gasteiger partial charge on any atom is -0.497 e. The smallest absolute Gasteiger partial charge is 0.339 e. The van der Waals surface area contributed by atoms with E-state index in [4.69, 9.17) is 20.3 Å². The van der Waals surface area contributed by atoms with Crippen molar-refractivity contribution < 1.29 is 19.4 Å². The van der Waals surface area contributed by atoms with E-state index < -0.39 is 5.97 Å². The molecular weight excluding hydrogens is 236 g/mol. The normalized spacial score (nSPS) is 10.3. The molecule has 94 valence electrons. The zero-order valence-corrected chi connectivity index (χ0v) is 9.93. The van der Waals surface area contributed by atoms with Crippen LogP contribution in [0, 0.1) is 0 Å². The zero-order chi connectivity index (χ0) is 13.3. The summed E-state index contributed by atoms with van der Waals surface area (Å²) in [6.07, 6.45) is 0. The highest BCUT2D eigenvalue weighted by Gasteiger charge is 2.14. The topological polar surface area (TPSA) is 94.7 Å². The number of fused-ring (bicyclic) bond motifs is 1. The van der Waals surface area contributed by atoms with Gasteiger partial charge in [-0.25, -0.2) is 9.78 Å². The lowest BCUT2D eigenvalue weighted by Crippen LogP contribution is -2.05. The van der Waals surface area contributed by atoms with Crippen molar-refractivity contribution in [3.63, 3.8) is 0 Å². The Kier molecular flexibility index (Phi) is 2.93. The number of anilines is 1. The Morgan fingerprint density at radius 2 is 2.00 bits per heavy atom. The van der Waals surface area contributed by atoms with Gasteiger partial charge in [0.05, 0.1) is 19.7 Å². The number of rotatable bonds is 3. The molecule has 0 amide bonds. The molecule has 0 bridgehead atoms. The summed E-state index contributed by atoms with van der Waals surface area (Å²) in [5, 5.41) is 9.58. The summed E-state index contributed by atoms with van der Waals surface area (Å²) in [5.41, 5.74) is 6.07. The van der Waals surface area contributed by atoms with Gasteiger partial charge in [-0.15, -0.1) is 0 Å². The molecule has 0 radical (unpaired) electrons. The summed E-state index contributed by atoms with van der Waals surface area (Å²) in [6.45, 7) is 0. The first-order valence-corrected chi connectivity index (χ1v) is 5.12. The van der Waals surface area contributed by atoms with Gasteiger partial charge >= 0.3 is 5.97 Å². The van der Waals surface area contributed by atoms with Crippen LogP contribution in [0.25, 0.3) is 10.9 Å². The van der Waals surface area contributed by atoms with Crippen molar-refractivity contribution >= 4 is 22.7 Å². The van der Waals surface area contributed by atoms with E-state index in [1.165, 1.54) is 20.3 Å². The van der Waals surface area contributed by atoms with Gasteiger partial charge < -0.3 is 20.3 Å². The fraction of sp³-hybridized carbons (Fsp3) is 0.167. The van der Waals surface area contributed by atoms with Crippen molar-refractivity contribution in [2.45, 2.75) is 0 Å². The standard InChI is InChI=1S/C12H12N2O4/c1-17-6-3-9-7(10(4-6)18-2)5-8(12(15)16)11(13)14-9/h3-5H,1-2H3,(H2,13,14)(H,15,16). The fourth-order valence-electron chi connectivity index (χ4n) is 1.69. The fourth-order valence-corrected chi connectivity index (χ4v) is 1.69. The number of hydrogen-bond acceptors (Lipinski definition) is 5. The second kappa shape index (κ2) is 4.40. The molecule has 0 atom stereocenters. The Morgan fingerprint density at radius 3 is 2.56 bits per heavy atom. The third-order valence-corrected chi connectivity index (χ3v) is 2.59. The molecule has 0 aliphatic rings. The maximum Gasteiger partial charge on any atom is 0.339 e.